The third kappa shape index (κ3) is 4.58. The van der Waals surface area contributed by atoms with Crippen molar-refractivity contribution in [3.05, 3.63) is 68.8 Å². The topological polar surface area (TPSA) is 64.6 Å². The Morgan fingerprint density at radius 1 is 0.939 bits per heavy atom. The van der Waals surface area contributed by atoms with Crippen LogP contribution >= 0.6 is 15.9 Å². The summed E-state index contributed by atoms with van der Waals surface area (Å²) in [5.41, 5.74) is 4.69. The summed E-state index contributed by atoms with van der Waals surface area (Å²) in [4.78, 5) is 26.1. The Morgan fingerprint density at radius 2 is 1.61 bits per heavy atom. The van der Waals surface area contributed by atoms with Crippen molar-refractivity contribution in [1.82, 2.24) is 5.32 Å². The maximum Gasteiger partial charge on any atom is 0.225 e. The number of methoxy groups -OCH3 is 2. The first-order chi connectivity index (χ1) is 15.6. The number of hydrogen-bond acceptors (Lipinski definition) is 4. The summed E-state index contributed by atoms with van der Waals surface area (Å²) in [6.07, 6.45) is 1.26. The lowest BCUT2D eigenvalue weighted by atomic mass is 9.73. The summed E-state index contributed by atoms with van der Waals surface area (Å²) in [6, 6.07) is 12.2. The maximum atomic E-state index is 13.5. The minimum absolute atomic E-state index is 0.0469. The second-order valence-electron chi connectivity index (χ2n) is 9.83. The zero-order valence-electron chi connectivity index (χ0n) is 19.8. The van der Waals surface area contributed by atoms with Gasteiger partial charge >= 0.3 is 0 Å². The first-order valence-corrected chi connectivity index (χ1v) is 12.0. The Bertz CT molecular complexity index is 1130. The van der Waals surface area contributed by atoms with Crippen molar-refractivity contribution in [2.24, 2.45) is 0 Å². The van der Waals surface area contributed by atoms with Gasteiger partial charge in [-0.25, -0.2) is 0 Å². The van der Waals surface area contributed by atoms with E-state index in [0.717, 1.165) is 21.3 Å². The number of rotatable bonds is 4. The molecule has 1 amide bonds. The molecule has 1 aliphatic heterocycles. The third-order valence-electron chi connectivity index (χ3n) is 6.66. The van der Waals surface area contributed by atoms with Gasteiger partial charge in [0.1, 0.15) is 11.5 Å². The zero-order chi connectivity index (χ0) is 23.9. The molecule has 174 valence electrons. The van der Waals surface area contributed by atoms with Crippen molar-refractivity contribution < 1.29 is 19.1 Å². The molecule has 1 aliphatic carbocycles. The lowest BCUT2D eigenvalue weighted by molar-refractivity contribution is -0.122. The fourth-order valence-corrected chi connectivity index (χ4v) is 5.36. The van der Waals surface area contributed by atoms with Crippen molar-refractivity contribution >= 4 is 27.6 Å². The number of halogens is 1. The van der Waals surface area contributed by atoms with Crippen molar-refractivity contribution in [3.8, 4) is 11.5 Å². The number of ketones is 1. The Kier molecular flexibility index (Phi) is 6.41. The van der Waals surface area contributed by atoms with E-state index >= 15 is 0 Å². The minimum Gasteiger partial charge on any atom is -0.496 e. The number of nitrogens with one attached hydrogen (secondary N) is 1. The molecule has 2 atom stereocenters. The van der Waals surface area contributed by atoms with Crippen molar-refractivity contribution in [2.75, 3.05) is 14.2 Å². The molecule has 6 heteroatoms. The first kappa shape index (κ1) is 23.6. The summed E-state index contributed by atoms with van der Waals surface area (Å²) in [5, 5.41) is 3.00. The van der Waals surface area contributed by atoms with Crippen molar-refractivity contribution in [1.29, 1.82) is 0 Å². The van der Waals surface area contributed by atoms with E-state index in [2.05, 4.69) is 66.3 Å². The molecule has 2 aliphatic rings. The van der Waals surface area contributed by atoms with Crippen LogP contribution in [0.3, 0.4) is 0 Å². The number of ether oxygens (including phenoxy) is 2. The standard InChI is InChI=1S/C27H30BrNO4/c1-27(2,3)17-8-6-15(7-9-17)16-10-21-26(22(30)11-16)19(13-25(31)29-21)18-12-24(33-5)20(28)14-23(18)32-4/h6-9,12,14,16,19H,10-11,13H2,1-5H3,(H,29,31). The predicted octanol–water partition coefficient (Wildman–Crippen LogP) is 5.77. The van der Waals surface area contributed by atoms with Gasteiger partial charge in [0.25, 0.3) is 0 Å². The highest BCUT2D eigenvalue weighted by Crippen LogP contribution is 2.46. The third-order valence-corrected chi connectivity index (χ3v) is 7.28. The van der Waals surface area contributed by atoms with Crippen LogP contribution in [0.2, 0.25) is 0 Å². The van der Waals surface area contributed by atoms with Crippen LogP contribution in [0.15, 0.2) is 52.1 Å². The molecule has 0 aromatic heterocycles. The van der Waals surface area contributed by atoms with Crippen LogP contribution in [0.5, 0.6) is 11.5 Å². The van der Waals surface area contributed by atoms with E-state index in [-0.39, 0.29) is 35.4 Å². The molecule has 2 unspecified atom stereocenters. The number of Topliss-reactive ketones (excluding diaryl/α,β-unsaturated/α-hetero) is 1. The van der Waals surface area contributed by atoms with Gasteiger partial charge in [-0.3, -0.25) is 9.59 Å². The normalized spacial score (nSPS) is 20.9. The molecule has 0 fully saturated rings. The fourth-order valence-electron chi connectivity index (χ4n) is 4.87. The van der Waals surface area contributed by atoms with Crippen LogP contribution in [0.1, 0.15) is 68.6 Å². The summed E-state index contributed by atoms with van der Waals surface area (Å²) in [6.45, 7) is 6.56. The molecule has 0 radical (unpaired) electrons. The van der Waals surface area contributed by atoms with Gasteiger partial charge in [0, 0.05) is 35.6 Å². The van der Waals surface area contributed by atoms with Crippen LogP contribution in [-0.2, 0) is 15.0 Å². The highest BCUT2D eigenvalue weighted by Gasteiger charge is 2.39. The molecular weight excluding hydrogens is 482 g/mol. The molecule has 0 spiro atoms. The molecule has 0 bridgehead atoms. The Hall–Kier alpha value is -2.60. The largest absolute Gasteiger partial charge is 0.496 e. The SMILES string of the molecule is COc1cc(C2CC(=O)NC3=C2C(=O)CC(c2ccc(C(C)(C)C)cc2)C3)c(OC)cc1Br. The molecule has 1 N–H and O–H groups in total. The fraction of sp³-hybridized carbons (Fsp3) is 0.407. The van der Waals surface area contributed by atoms with Gasteiger partial charge in [-0.15, -0.1) is 0 Å². The number of carbonyl (C=O) groups is 2. The van der Waals surface area contributed by atoms with E-state index in [1.165, 1.54) is 5.56 Å². The summed E-state index contributed by atoms with van der Waals surface area (Å²) in [7, 11) is 3.19. The average molecular weight is 512 g/mol. The van der Waals surface area contributed by atoms with E-state index < -0.39 is 0 Å². The second kappa shape index (κ2) is 8.98. The molecule has 0 saturated carbocycles. The van der Waals surface area contributed by atoms with Gasteiger partial charge in [-0.2, -0.15) is 0 Å². The van der Waals surface area contributed by atoms with Gasteiger partial charge in [0.15, 0.2) is 5.78 Å². The highest BCUT2D eigenvalue weighted by atomic mass is 79.9. The van der Waals surface area contributed by atoms with Gasteiger partial charge in [-0.05, 0) is 56.9 Å². The first-order valence-electron chi connectivity index (χ1n) is 11.2. The van der Waals surface area contributed by atoms with Crippen LogP contribution in [0, 0.1) is 0 Å². The van der Waals surface area contributed by atoms with Crippen molar-refractivity contribution in [3.63, 3.8) is 0 Å². The van der Waals surface area contributed by atoms with Crippen LogP contribution in [0.25, 0.3) is 0 Å². The van der Waals surface area contributed by atoms with Gasteiger partial charge in [0.05, 0.1) is 18.7 Å². The van der Waals surface area contributed by atoms with Crippen LogP contribution < -0.4 is 14.8 Å². The lowest BCUT2D eigenvalue weighted by Gasteiger charge is -2.35. The number of benzene rings is 2. The zero-order valence-corrected chi connectivity index (χ0v) is 21.3. The van der Waals surface area contributed by atoms with E-state index in [9.17, 15) is 9.59 Å². The maximum absolute atomic E-state index is 13.5. The minimum atomic E-state index is -0.359. The molecule has 2 aromatic carbocycles. The molecule has 33 heavy (non-hydrogen) atoms. The quantitative estimate of drug-likeness (QED) is 0.565. The van der Waals surface area contributed by atoms with E-state index in [0.29, 0.717) is 29.9 Å². The predicted molar refractivity (Wildman–Crippen MR) is 132 cm³/mol. The molecular formula is C27H30BrNO4. The van der Waals surface area contributed by atoms with E-state index in [1.807, 2.05) is 12.1 Å². The average Bonchev–Trinajstić information content (AvgIpc) is 2.77. The van der Waals surface area contributed by atoms with Crippen LogP contribution in [-0.4, -0.2) is 25.9 Å². The molecule has 1 heterocycles. The number of allylic oxidation sites excluding steroid dienone is 2. The Morgan fingerprint density at radius 3 is 2.21 bits per heavy atom. The summed E-state index contributed by atoms with van der Waals surface area (Å²) < 4.78 is 11.8. The number of amides is 1. The highest BCUT2D eigenvalue weighted by molar-refractivity contribution is 9.10. The molecule has 4 rings (SSSR count). The Labute approximate surface area is 203 Å². The number of hydrogen-bond donors (Lipinski definition) is 1. The van der Waals surface area contributed by atoms with Gasteiger partial charge in [-0.1, -0.05) is 45.0 Å². The molecule has 0 saturated heterocycles. The Balaban J connectivity index is 1.71. The molecule has 5 nitrogen and oxygen atoms in total. The van der Waals surface area contributed by atoms with Gasteiger partial charge in [0.2, 0.25) is 5.91 Å². The molecule has 2 aromatic rings. The van der Waals surface area contributed by atoms with E-state index in [1.54, 1.807) is 14.2 Å². The summed E-state index contributed by atoms with van der Waals surface area (Å²) in [5.74, 6) is 0.948. The van der Waals surface area contributed by atoms with Gasteiger partial charge < -0.3 is 14.8 Å². The summed E-state index contributed by atoms with van der Waals surface area (Å²) >= 11 is 3.49. The van der Waals surface area contributed by atoms with Crippen LogP contribution in [0.4, 0.5) is 0 Å². The van der Waals surface area contributed by atoms with Crippen molar-refractivity contribution in [2.45, 2.75) is 57.3 Å². The smallest absolute Gasteiger partial charge is 0.225 e. The monoisotopic (exact) mass is 511 g/mol. The lowest BCUT2D eigenvalue weighted by Crippen LogP contribution is -2.38. The number of carbonyl (C=O) groups excluding carboxylic acids is 2. The van der Waals surface area contributed by atoms with E-state index in [4.69, 9.17) is 9.47 Å². The second-order valence-corrected chi connectivity index (χ2v) is 10.7.